The highest BCUT2D eigenvalue weighted by molar-refractivity contribution is 6.30. The molecule has 0 bridgehead atoms. The van der Waals surface area contributed by atoms with Gasteiger partial charge in [-0.2, -0.15) is 0 Å². The summed E-state index contributed by atoms with van der Waals surface area (Å²) in [5.74, 6) is 0.111. The fraction of sp³-hybridized carbons (Fsp3) is 0.500. The quantitative estimate of drug-likeness (QED) is 0.660. The largest absolute Gasteiger partial charge is 0.379 e. The number of rotatable bonds is 6. The number of anilines is 2. The molecule has 0 aromatic heterocycles. The highest BCUT2D eigenvalue weighted by atomic mass is 35.5. The number of benzene rings is 2. The Morgan fingerprint density at radius 2 is 1.91 bits per heavy atom. The number of piperazine rings is 1. The van der Waals surface area contributed by atoms with Crippen molar-refractivity contribution < 1.29 is 9.53 Å². The van der Waals surface area contributed by atoms with Gasteiger partial charge < -0.3 is 19.9 Å². The lowest BCUT2D eigenvalue weighted by Gasteiger charge is -2.49. The predicted molar refractivity (Wildman–Crippen MR) is 133 cm³/mol. The average Bonchev–Trinajstić information content (AvgIpc) is 2.86. The topological polar surface area (TPSA) is 48.1 Å². The molecule has 2 unspecified atom stereocenters. The third-order valence-corrected chi connectivity index (χ3v) is 7.42. The minimum Gasteiger partial charge on any atom is -0.379 e. The van der Waals surface area contributed by atoms with Crippen LogP contribution in [0.25, 0.3) is 0 Å². The zero-order chi connectivity index (χ0) is 22.6. The van der Waals surface area contributed by atoms with Gasteiger partial charge in [0.1, 0.15) is 0 Å². The van der Waals surface area contributed by atoms with E-state index in [2.05, 4.69) is 50.3 Å². The zero-order valence-corrected chi connectivity index (χ0v) is 19.8. The van der Waals surface area contributed by atoms with Crippen molar-refractivity contribution in [3.63, 3.8) is 0 Å². The van der Waals surface area contributed by atoms with Gasteiger partial charge in [0.25, 0.3) is 0 Å². The molecule has 6 nitrogen and oxygen atoms in total. The Hall–Kier alpha value is -2.28. The predicted octanol–water partition coefficient (Wildman–Crippen LogP) is 3.05. The van der Waals surface area contributed by atoms with Crippen LogP contribution in [-0.2, 0) is 16.0 Å². The smallest absolute Gasteiger partial charge is 0.225 e. The molecule has 1 N–H and O–H groups in total. The van der Waals surface area contributed by atoms with Crippen molar-refractivity contribution in [2.75, 3.05) is 68.8 Å². The maximum absolute atomic E-state index is 13.4. The Labute approximate surface area is 201 Å². The summed E-state index contributed by atoms with van der Waals surface area (Å²) in [6.07, 6.45) is 1.76. The van der Waals surface area contributed by atoms with Crippen molar-refractivity contribution in [1.29, 1.82) is 0 Å². The molecule has 2 fully saturated rings. The number of fused-ring (bicyclic) bond motifs is 3. The van der Waals surface area contributed by atoms with Crippen LogP contribution in [-0.4, -0.2) is 75.9 Å². The van der Waals surface area contributed by atoms with Crippen LogP contribution < -0.4 is 15.1 Å². The molecular formula is C26H33ClN4O2. The molecular weight excluding hydrogens is 436 g/mol. The van der Waals surface area contributed by atoms with Crippen molar-refractivity contribution in [3.8, 4) is 0 Å². The number of carbonyl (C=O) groups excluding carboxylic acids is 1. The van der Waals surface area contributed by atoms with E-state index in [1.807, 2.05) is 18.2 Å². The number of hydrogen-bond acceptors (Lipinski definition) is 5. The Morgan fingerprint density at radius 1 is 1.06 bits per heavy atom. The molecule has 3 aliphatic rings. The minimum absolute atomic E-state index is 0.0646. The molecule has 0 spiro atoms. The van der Waals surface area contributed by atoms with Crippen LogP contribution in [0.3, 0.4) is 0 Å². The number of carbonyl (C=O) groups is 1. The van der Waals surface area contributed by atoms with Crippen molar-refractivity contribution >= 4 is 28.9 Å². The van der Waals surface area contributed by atoms with E-state index >= 15 is 0 Å². The lowest BCUT2D eigenvalue weighted by atomic mass is 9.83. The van der Waals surface area contributed by atoms with Crippen LogP contribution in [0.5, 0.6) is 0 Å². The van der Waals surface area contributed by atoms with Crippen molar-refractivity contribution in [1.82, 2.24) is 10.2 Å². The molecule has 0 saturated carbocycles. The van der Waals surface area contributed by atoms with Gasteiger partial charge in [-0.15, -0.1) is 0 Å². The van der Waals surface area contributed by atoms with Crippen molar-refractivity contribution in [2.45, 2.75) is 18.9 Å². The van der Waals surface area contributed by atoms with Gasteiger partial charge in [-0.1, -0.05) is 35.9 Å². The van der Waals surface area contributed by atoms with Gasteiger partial charge in [-0.3, -0.25) is 9.69 Å². The number of nitrogens with one attached hydrogen (secondary N) is 1. The zero-order valence-electron chi connectivity index (χ0n) is 19.1. The molecule has 0 aliphatic carbocycles. The maximum atomic E-state index is 13.4. The van der Waals surface area contributed by atoms with Gasteiger partial charge in [-0.05, 0) is 49.2 Å². The Kier molecular flexibility index (Phi) is 7.04. The Morgan fingerprint density at radius 3 is 2.76 bits per heavy atom. The van der Waals surface area contributed by atoms with Gasteiger partial charge >= 0.3 is 0 Å². The first-order valence-electron chi connectivity index (χ1n) is 12.1. The van der Waals surface area contributed by atoms with E-state index in [0.29, 0.717) is 0 Å². The number of para-hydroxylation sites is 1. The van der Waals surface area contributed by atoms with Crippen molar-refractivity contribution in [3.05, 3.63) is 59.1 Å². The highest BCUT2D eigenvalue weighted by Crippen LogP contribution is 2.37. The van der Waals surface area contributed by atoms with Crippen LogP contribution in [0.1, 0.15) is 12.0 Å². The fourth-order valence-corrected chi connectivity index (χ4v) is 5.62. The molecule has 1 amide bonds. The molecule has 0 radical (unpaired) electrons. The number of ether oxygens (including phenoxy) is 1. The van der Waals surface area contributed by atoms with Crippen LogP contribution >= 0.6 is 11.6 Å². The molecule has 33 heavy (non-hydrogen) atoms. The van der Waals surface area contributed by atoms with Gasteiger partial charge in [-0.25, -0.2) is 0 Å². The van der Waals surface area contributed by atoms with E-state index in [-0.39, 0.29) is 17.9 Å². The van der Waals surface area contributed by atoms with E-state index in [4.69, 9.17) is 16.3 Å². The second kappa shape index (κ2) is 10.3. The molecule has 2 aromatic carbocycles. The molecule has 3 aliphatic heterocycles. The second-order valence-corrected chi connectivity index (χ2v) is 9.66. The third-order valence-electron chi connectivity index (χ3n) is 7.19. The monoisotopic (exact) mass is 468 g/mol. The standard InChI is InChI=1S/C26H33ClN4O2/c27-21-6-3-7-22(18-21)30-11-12-31-24-8-2-1-5-20(24)17-23(25(31)19-30)26(32)28-9-4-10-29-13-15-33-16-14-29/h1-3,5-8,18,23,25H,4,9-17,19H2,(H,28,32). The maximum Gasteiger partial charge on any atom is 0.225 e. The van der Waals surface area contributed by atoms with E-state index in [1.165, 1.54) is 11.3 Å². The Balaban J connectivity index is 1.27. The summed E-state index contributed by atoms with van der Waals surface area (Å²) in [6.45, 7) is 7.97. The summed E-state index contributed by atoms with van der Waals surface area (Å²) in [7, 11) is 0. The van der Waals surface area contributed by atoms with Gasteiger partial charge in [0, 0.05) is 55.7 Å². The summed E-state index contributed by atoms with van der Waals surface area (Å²) in [5, 5.41) is 4.00. The summed E-state index contributed by atoms with van der Waals surface area (Å²) >= 11 is 6.26. The van der Waals surface area contributed by atoms with Gasteiger partial charge in [0.05, 0.1) is 25.2 Å². The first-order chi connectivity index (χ1) is 16.2. The number of morpholine rings is 1. The lowest BCUT2D eigenvalue weighted by Crippen LogP contribution is -2.61. The van der Waals surface area contributed by atoms with Crippen LogP contribution in [0, 0.1) is 5.92 Å². The van der Waals surface area contributed by atoms with Gasteiger partial charge in [0.2, 0.25) is 5.91 Å². The molecule has 5 rings (SSSR count). The molecule has 2 saturated heterocycles. The first kappa shape index (κ1) is 22.5. The van der Waals surface area contributed by atoms with Crippen LogP contribution in [0.15, 0.2) is 48.5 Å². The summed E-state index contributed by atoms with van der Waals surface area (Å²) in [5.41, 5.74) is 3.69. The average molecular weight is 469 g/mol. The fourth-order valence-electron chi connectivity index (χ4n) is 5.43. The van der Waals surface area contributed by atoms with E-state index < -0.39 is 0 Å². The van der Waals surface area contributed by atoms with E-state index in [9.17, 15) is 4.79 Å². The molecule has 3 heterocycles. The SMILES string of the molecule is O=C(NCCCN1CCOCC1)C1Cc2ccccc2N2CCN(c3cccc(Cl)c3)CC12. The lowest BCUT2D eigenvalue weighted by molar-refractivity contribution is -0.125. The number of halogens is 1. The third kappa shape index (κ3) is 5.13. The summed E-state index contributed by atoms with van der Waals surface area (Å²) in [4.78, 5) is 20.6. The minimum atomic E-state index is -0.0646. The number of hydrogen-bond donors (Lipinski definition) is 1. The molecule has 7 heteroatoms. The number of amides is 1. The van der Waals surface area contributed by atoms with Crippen LogP contribution in [0.2, 0.25) is 5.02 Å². The first-order valence-corrected chi connectivity index (χ1v) is 12.5. The highest BCUT2D eigenvalue weighted by Gasteiger charge is 2.41. The van der Waals surface area contributed by atoms with E-state index in [1.54, 1.807) is 0 Å². The molecule has 2 aromatic rings. The summed E-state index contributed by atoms with van der Waals surface area (Å²) in [6, 6.07) is 16.7. The Bertz CT molecular complexity index is 965. The van der Waals surface area contributed by atoms with Crippen molar-refractivity contribution in [2.24, 2.45) is 5.92 Å². The van der Waals surface area contributed by atoms with E-state index in [0.717, 1.165) is 82.6 Å². The molecule has 176 valence electrons. The molecule has 2 atom stereocenters. The van der Waals surface area contributed by atoms with Crippen LogP contribution in [0.4, 0.5) is 11.4 Å². The second-order valence-electron chi connectivity index (χ2n) is 9.22. The summed E-state index contributed by atoms with van der Waals surface area (Å²) < 4.78 is 5.42. The van der Waals surface area contributed by atoms with Gasteiger partial charge in [0.15, 0.2) is 0 Å². The number of nitrogens with zero attached hydrogens (tertiary/aromatic N) is 3. The normalized spacial score (nSPS) is 23.1.